The van der Waals surface area contributed by atoms with E-state index in [0.717, 1.165) is 25.9 Å². The molecule has 21 heavy (non-hydrogen) atoms. The van der Waals surface area contributed by atoms with Gasteiger partial charge in [-0.1, -0.05) is 30.7 Å². The molecule has 0 aliphatic carbocycles. The number of nitrogens with zero attached hydrogens (tertiary/aromatic N) is 3. The Morgan fingerprint density at radius 2 is 2.14 bits per heavy atom. The van der Waals surface area contributed by atoms with Crippen LogP contribution in [0.15, 0.2) is 10.6 Å². The van der Waals surface area contributed by atoms with Gasteiger partial charge in [0.05, 0.1) is 11.0 Å². The number of hydrogen-bond acceptors (Lipinski definition) is 5. The van der Waals surface area contributed by atoms with Gasteiger partial charge in [0.1, 0.15) is 5.76 Å². The Morgan fingerprint density at radius 3 is 2.62 bits per heavy atom. The molecule has 1 fully saturated rings. The second-order valence-electron chi connectivity index (χ2n) is 5.36. The minimum Gasteiger partial charge on any atom is -0.392 e. The van der Waals surface area contributed by atoms with Gasteiger partial charge in [-0.05, 0) is 13.3 Å². The van der Waals surface area contributed by atoms with Crippen LogP contribution in [-0.2, 0) is 0 Å². The van der Waals surface area contributed by atoms with Crippen LogP contribution in [0.25, 0.3) is 0 Å². The van der Waals surface area contributed by atoms with E-state index in [2.05, 4.69) is 17.0 Å². The third-order valence-corrected chi connectivity index (χ3v) is 4.05. The van der Waals surface area contributed by atoms with Crippen molar-refractivity contribution in [1.82, 2.24) is 15.0 Å². The Labute approximate surface area is 130 Å². The van der Waals surface area contributed by atoms with Crippen molar-refractivity contribution in [1.29, 1.82) is 0 Å². The molecule has 7 heteroatoms. The fourth-order valence-corrected chi connectivity index (χ4v) is 2.91. The average Bonchev–Trinajstić information content (AvgIpc) is 2.90. The van der Waals surface area contributed by atoms with Gasteiger partial charge in [-0.2, -0.15) is 0 Å². The Kier molecular flexibility index (Phi) is 5.30. The lowest BCUT2D eigenvalue weighted by Crippen LogP contribution is -2.54. The largest absolute Gasteiger partial charge is 0.392 e. The first-order valence-corrected chi connectivity index (χ1v) is 7.69. The number of amides is 1. The molecular formula is C14H22N4O2S. The standard InChI is InChI=1S/C14H22N4O2S/c1-3-4-12(13(15)21)17-5-7-18(8-6-17)14(19)11-9-10(2)20-16-11/h9,12H,3-8H2,1-2H3,(H2,15,21). The van der Waals surface area contributed by atoms with Gasteiger partial charge in [0.15, 0.2) is 5.69 Å². The van der Waals surface area contributed by atoms with Crippen molar-refractivity contribution in [3.05, 3.63) is 17.5 Å². The van der Waals surface area contributed by atoms with E-state index in [0.29, 0.717) is 29.5 Å². The number of aromatic nitrogens is 1. The van der Waals surface area contributed by atoms with Gasteiger partial charge in [-0.25, -0.2) is 0 Å². The molecule has 0 bridgehead atoms. The summed E-state index contributed by atoms with van der Waals surface area (Å²) in [6.07, 6.45) is 2.01. The van der Waals surface area contributed by atoms with Crippen LogP contribution in [0.4, 0.5) is 0 Å². The lowest BCUT2D eigenvalue weighted by molar-refractivity contribution is 0.0599. The highest BCUT2D eigenvalue weighted by Gasteiger charge is 2.28. The number of carbonyl (C=O) groups excluding carboxylic acids is 1. The molecule has 116 valence electrons. The summed E-state index contributed by atoms with van der Waals surface area (Å²) in [6.45, 7) is 6.79. The summed E-state index contributed by atoms with van der Waals surface area (Å²) in [7, 11) is 0. The molecule has 1 atom stereocenters. The van der Waals surface area contributed by atoms with Crippen molar-refractivity contribution < 1.29 is 9.32 Å². The van der Waals surface area contributed by atoms with Crippen LogP contribution >= 0.6 is 12.2 Å². The van der Waals surface area contributed by atoms with Gasteiger partial charge in [-0.15, -0.1) is 0 Å². The first kappa shape index (κ1) is 15.9. The highest BCUT2D eigenvalue weighted by atomic mass is 32.1. The minimum absolute atomic E-state index is 0.0751. The van der Waals surface area contributed by atoms with Crippen LogP contribution in [0.5, 0.6) is 0 Å². The highest BCUT2D eigenvalue weighted by molar-refractivity contribution is 7.80. The SMILES string of the molecule is CCCC(C(N)=S)N1CCN(C(=O)c2cc(C)on2)CC1. The lowest BCUT2D eigenvalue weighted by atomic mass is 10.1. The van der Waals surface area contributed by atoms with Crippen molar-refractivity contribution in [3.8, 4) is 0 Å². The molecule has 2 heterocycles. The molecule has 6 nitrogen and oxygen atoms in total. The van der Waals surface area contributed by atoms with E-state index in [-0.39, 0.29) is 11.9 Å². The van der Waals surface area contributed by atoms with Crippen molar-refractivity contribution in [2.45, 2.75) is 32.7 Å². The molecule has 1 amide bonds. The topological polar surface area (TPSA) is 75.6 Å². The summed E-state index contributed by atoms with van der Waals surface area (Å²) >= 11 is 5.16. The number of aryl methyl sites for hydroxylation is 1. The molecule has 0 radical (unpaired) electrons. The van der Waals surface area contributed by atoms with E-state index < -0.39 is 0 Å². The number of piperazine rings is 1. The van der Waals surface area contributed by atoms with Crippen molar-refractivity contribution in [2.24, 2.45) is 5.73 Å². The Hall–Kier alpha value is -1.47. The Morgan fingerprint density at radius 1 is 1.48 bits per heavy atom. The smallest absolute Gasteiger partial charge is 0.276 e. The van der Waals surface area contributed by atoms with E-state index in [1.807, 2.05) is 0 Å². The monoisotopic (exact) mass is 310 g/mol. The normalized spacial score (nSPS) is 17.7. The summed E-state index contributed by atoms with van der Waals surface area (Å²) in [5.74, 6) is 0.572. The molecule has 0 spiro atoms. The first-order valence-electron chi connectivity index (χ1n) is 7.29. The number of nitrogens with two attached hydrogens (primary N) is 1. The molecule has 1 aromatic heterocycles. The van der Waals surface area contributed by atoms with Gasteiger partial charge in [0.25, 0.3) is 5.91 Å². The molecular weight excluding hydrogens is 288 g/mol. The van der Waals surface area contributed by atoms with Crippen molar-refractivity contribution in [3.63, 3.8) is 0 Å². The summed E-state index contributed by atoms with van der Waals surface area (Å²) in [6, 6.07) is 1.81. The maximum Gasteiger partial charge on any atom is 0.276 e. The van der Waals surface area contributed by atoms with E-state index in [1.54, 1.807) is 17.9 Å². The van der Waals surface area contributed by atoms with Gasteiger partial charge < -0.3 is 15.2 Å². The molecule has 1 aliphatic heterocycles. The van der Waals surface area contributed by atoms with Crippen molar-refractivity contribution in [2.75, 3.05) is 26.2 Å². The third-order valence-electron chi connectivity index (χ3n) is 3.78. The molecule has 1 saturated heterocycles. The van der Waals surface area contributed by atoms with E-state index in [9.17, 15) is 4.79 Å². The number of rotatable bonds is 5. The molecule has 0 aromatic carbocycles. The number of thiocarbonyl (C=S) groups is 1. The first-order chi connectivity index (χ1) is 10.0. The fourth-order valence-electron chi connectivity index (χ4n) is 2.64. The zero-order chi connectivity index (χ0) is 15.4. The van der Waals surface area contributed by atoms with Crippen LogP contribution in [-0.4, -0.2) is 58.1 Å². The van der Waals surface area contributed by atoms with Crippen LogP contribution in [0.1, 0.15) is 36.0 Å². The maximum atomic E-state index is 12.3. The van der Waals surface area contributed by atoms with Crippen LogP contribution in [0.3, 0.4) is 0 Å². The second kappa shape index (κ2) is 7.00. The van der Waals surface area contributed by atoms with Gasteiger partial charge in [0.2, 0.25) is 0 Å². The Balaban J connectivity index is 1.93. The van der Waals surface area contributed by atoms with Crippen LogP contribution in [0, 0.1) is 6.92 Å². The lowest BCUT2D eigenvalue weighted by Gasteiger charge is -2.38. The molecule has 2 rings (SSSR count). The fraction of sp³-hybridized carbons (Fsp3) is 0.643. The predicted octanol–water partition coefficient (Wildman–Crippen LogP) is 1.20. The van der Waals surface area contributed by atoms with Crippen LogP contribution in [0.2, 0.25) is 0 Å². The van der Waals surface area contributed by atoms with E-state index in [1.165, 1.54) is 0 Å². The van der Waals surface area contributed by atoms with Gasteiger partial charge in [0, 0.05) is 32.2 Å². The second-order valence-corrected chi connectivity index (χ2v) is 5.83. The van der Waals surface area contributed by atoms with Crippen molar-refractivity contribution >= 4 is 23.1 Å². The molecule has 1 aromatic rings. The zero-order valence-corrected chi connectivity index (χ0v) is 13.4. The molecule has 2 N–H and O–H groups in total. The summed E-state index contributed by atoms with van der Waals surface area (Å²) < 4.78 is 4.96. The predicted molar refractivity (Wildman–Crippen MR) is 84.2 cm³/mol. The summed E-state index contributed by atoms with van der Waals surface area (Å²) in [5.41, 5.74) is 6.20. The quantitative estimate of drug-likeness (QED) is 0.824. The number of carbonyl (C=O) groups is 1. The van der Waals surface area contributed by atoms with E-state index >= 15 is 0 Å². The molecule has 1 unspecified atom stereocenters. The maximum absolute atomic E-state index is 12.3. The average molecular weight is 310 g/mol. The van der Waals surface area contributed by atoms with E-state index in [4.69, 9.17) is 22.5 Å². The van der Waals surface area contributed by atoms with Crippen LogP contribution < -0.4 is 5.73 Å². The Bertz CT molecular complexity index is 509. The minimum atomic E-state index is -0.0751. The summed E-state index contributed by atoms with van der Waals surface area (Å²) in [4.78, 5) is 16.9. The molecule has 1 aliphatic rings. The third kappa shape index (κ3) is 3.79. The highest BCUT2D eigenvalue weighted by Crippen LogP contribution is 2.14. The summed E-state index contributed by atoms with van der Waals surface area (Å²) in [5, 5.41) is 3.78. The zero-order valence-electron chi connectivity index (χ0n) is 12.5. The number of hydrogen-bond donors (Lipinski definition) is 1. The van der Waals surface area contributed by atoms with Gasteiger partial charge in [-0.3, -0.25) is 9.69 Å². The molecule has 0 saturated carbocycles. The van der Waals surface area contributed by atoms with Gasteiger partial charge >= 0.3 is 0 Å².